The minimum Gasteiger partial charge on any atom is -0.481 e. The predicted molar refractivity (Wildman–Crippen MR) is 46.8 cm³/mol. The number of rotatable bonds is 3. The lowest BCUT2D eigenvalue weighted by Crippen LogP contribution is -2.28. The summed E-state index contributed by atoms with van der Waals surface area (Å²) in [5, 5.41) is 8.31. The monoisotopic (exact) mass is 244 g/mol. The van der Waals surface area contributed by atoms with Crippen LogP contribution < -0.4 is 0 Å². The summed E-state index contributed by atoms with van der Waals surface area (Å²) in [7, 11) is 0. The Hall–Kier alpha value is -1.24. The molecule has 0 spiro atoms. The molecule has 0 aliphatic carbocycles. The van der Waals surface area contributed by atoms with Gasteiger partial charge in [-0.05, 0) is 0 Å². The van der Waals surface area contributed by atoms with Gasteiger partial charge in [-0.2, -0.15) is 13.2 Å². The topological polar surface area (TPSA) is 55.1 Å². The number of hydrogen-bond acceptors (Lipinski definition) is 2. The summed E-state index contributed by atoms with van der Waals surface area (Å²) >= 11 is 0. The van der Waals surface area contributed by atoms with Crippen LogP contribution in [0.4, 0.5) is 13.2 Å². The molecule has 1 N–H and O–H groups in total. The first-order valence-corrected chi connectivity index (χ1v) is 3.67. The smallest absolute Gasteiger partial charge is 0.409 e. The van der Waals surface area contributed by atoms with E-state index in [1.54, 1.807) is 0 Å². The average Bonchev–Trinajstić information content (AvgIpc) is 2.49. The molecule has 0 amide bonds. The number of hydrogen-bond donors (Lipinski definition) is 1. The molecular formula is C7H8ClF3N2O2. The molecule has 0 aliphatic heterocycles. The van der Waals surface area contributed by atoms with E-state index in [0.717, 1.165) is 17.1 Å². The molecule has 1 aromatic heterocycles. The van der Waals surface area contributed by atoms with E-state index in [4.69, 9.17) is 5.11 Å². The highest BCUT2D eigenvalue weighted by Crippen LogP contribution is 2.32. The van der Waals surface area contributed by atoms with Crippen molar-refractivity contribution in [1.29, 1.82) is 0 Å². The van der Waals surface area contributed by atoms with Crippen molar-refractivity contribution in [2.75, 3.05) is 0 Å². The number of halogens is 4. The van der Waals surface area contributed by atoms with Crippen LogP contribution in [0.1, 0.15) is 12.5 Å². The molecule has 1 atom stereocenters. The second kappa shape index (κ2) is 5.01. The normalized spacial score (nSPS) is 13.0. The highest BCUT2D eigenvalue weighted by molar-refractivity contribution is 5.85. The molecule has 4 nitrogen and oxygen atoms in total. The van der Waals surface area contributed by atoms with Crippen LogP contribution in [0.2, 0.25) is 0 Å². The fraction of sp³-hybridized carbons (Fsp3) is 0.429. The van der Waals surface area contributed by atoms with Crippen molar-refractivity contribution < 1.29 is 23.1 Å². The first-order chi connectivity index (χ1) is 6.41. The van der Waals surface area contributed by atoms with Crippen LogP contribution in [0.25, 0.3) is 0 Å². The summed E-state index contributed by atoms with van der Waals surface area (Å²) in [5.74, 6) is -1.50. The third-order valence-corrected chi connectivity index (χ3v) is 1.63. The fourth-order valence-corrected chi connectivity index (χ4v) is 1.01. The zero-order valence-corrected chi connectivity index (χ0v) is 8.13. The molecular weight excluding hydrogens is 237 g/mol. The van der Waals surface area contributed by atoms with Gasteiger partial charge >= 0.3 is 12.1 Å². The lowest BCUT2D eigenvalue weighted by atomic mass is 10.2. The van der Waals surface area contributed by atoms with Crippen molar-refractivity contribution in [2.45, 2.75) is 18.6 Å². The van der Waals surface area contributed by atoms with Gasteiger partial charge in [-0.25, -0.2) is 4.98 Å². The predicted octanol–water partition coefficient (Wildman–Crippen LogP) is 1.88. The second-order valence-electron chi connectivity index (χ2n) is 2.67. The van der Waals surface area contributed by atoms with Crippen LogP contribution in [0.5, 0.6) is 0 Å². The molecule has 0 fully saturated rings. The van der Waals surface area contributed by atoms with Gasteiger partial charge in [-0.15, -0.1) is 12.4 Å². The standard InChI is InChI=1S/C7H7F3N2O2.ClH/c8-7(9,10)5(3-6(13)14)12-2-1-11-4-12;/h1-2,4-5H,3H2,(H,13,14);1H. The Morgan fingerprint density at radius 3 is 2.47 bits per heavy atom. The number of aliphatic carboxylic acids is 1. The van der Waals surface area contributed by atoms with E-state index >= 15 is 0 Å². The number of carboxylic acids is 1. The highest BCUT2D eigenvalue weighted by Gasteiger charge is 2.42. The van der Waals surface area contributed by atoms with Crippen molar-refractivity contribution in [2.24, 2.45) is 0 Å². The Kier molecular flexibility index (Phi) is 4.60. The van der Waals surface area contributed by atoms with Crippen LogP contribution in [0, 0.1) is 0 Å². The molecule has 0 bridgehead atoms. The molecule has 15 heavy (non-hydrogen) atoms. The van der Waals surface area contributed by atoms with Gasteiger partial charge in [0.05, 0.1) is 12.7 Å². The molecule has 1 aromatic rings. The van der Waals surface area contributed by atoms with Crippen molar-refractivity contribution in [3.8, 4) is 0 Å². The second-order valence-corrected chi connectivity index (χ2v) is 2.67. The molecule has 0 saturated heterocycles. The van der Waals surface area contributed by atoms with Gasteiger partial charge in [0.25, 0.3) is 0 Å². The lowest BCUT2D eigenvalue weighted by Gasteiger charge is -2.19. The minimum absolute atomic E-state index is 0. The van der Waals surface area contributed by atoms with Gasteiger partial charge in [0, 0.05) is 12.4 Å². The van der Waals surface area contributed by atoms with Crippen molar-refractivity contribution >= 4 is 18.4 Å². The van der Waals surface area contributed by atoms with Gasteiger partial charge < -0.3 is 9.67 Å². The Labute approximate surface area is 89.1 Å². The fourth-order valence-electron chi connectivity index (χ4n) is 1.01. The van der Waals surface area contributed by atoms with E-state index in [-0.39, 0.29) is 12.4 Å². The first-order valence-electron chi connectivity index (χ1n) is 3.67. The van der Waals surface area contributed by atoms with E-state index < -0.39 is 24.6 Å². The number of carbonyl (C=O) groups is 1. The Balaban J connectivity index is 0.00000196. The number of carboxylic acid groups (broad SMARTS) is 1. The quantitative estimate of drug-likeness (QED) is 0.883. The zero-order valence-electron chi connectivity index (χ0n) is 7.31. The largest absolute Gasteiger partial charge is 0.481 e. The van der Waals surface area contributed by atoms with Crippen molar-refractivity contribution in [3.05, 3.63) is 18.7 Å². The molecule has 1 unspecified atom stereocenters. The van der Waals surface area contributed by atoms with Gasteiger partial charge in [-0.1, -0.05) is 0 Å². The number of aromatic nitrogens is 2. The Morgan fingerprint density at radius 2 is 2.13 bits per heavy atom. The molecule has 0 saturated carbocycles. The third kappa shape index (κ3) is 3.78. The number of nitrogens with zero attached hydrogens (tertiary/aromatic N) is 2. The maximum absolute atomic E-state index is 12.3. The van der Waals surface area contributed by atoms with Gasteiger partial charge in [0.1, 0.15) is 6.04 Å². The van der Waals surface area contributed by atoms with E-state index in [1.807, 2.05) is 0 Å². The van der Waals surface area contributed by atoms with Crippen molar-refractivity contribution in [1.82, 2.24) is 9.55 Å². The Morgan fingerprint density at radius 1 is 1.53 bits per heavy atom. The molecule has 86 valence electrons. The molecule has 1 heterocycles. The van der Waals surface area contributed by atoms with Gasteiger partial charge in [-0.3, -0.25) is 4.79 Å². The van der Waals surface area contributed by atoms with E-state index in [2.05, 4.69) is 4.98 Å². The molecule has 8 heteroatoms. The van der Waals surface area contributed by atoms with Crippen LogP contribution in [-0.4, -0.2) is 26.8 Å². The average molecular weight is 245 g/mol. The molecule has 0 aliphatic rings. The number of imidazole rings is 1. The van der Waals surface area contributed by atoms with Crippen LogP contribution in [-0.2, 0) is 4.79 Å². The van der Waals surface area contributed by atoms with E-state index in [9.17, 15) is 18.0 Å². The summed E-state index contributed by atoms with van der Waals surface area (Å²) in [5.41, 5.74) is 0. The first kappa shape index (κ1) is 13.8. The summed E-state index contributed by atoms with van der Waals surface area (Å²) in [6.45, 7) is 0. The summed E-state index contributed by atoms with van der Waals surface area (Å²) in [6, 6.07) is -2.05. The van der Waals surface area contributed by atoms with Crippen molar-refractivity contribution in [3.63, 3.8) is 0 Å². The SMILES string of the molecule is Cl.O=C(O)CC(n1ccnc1)C(F)(F)F. The van der Waals surface area contributed by atoms with Gasteiger partial charge in [0.2, 0.25) is 0 Å². The maximum Gasteiger partial charge on any atom is 0.409 e. The summed E-state index contributed by atoms with van der Waals surface area (Å²) in [6.07, 6.45) is -2.39. The van der Waals surface area contributed by atoms with Crippen LogP contribution in [0.15, 0.2) is 18.7 Å². The maximum atomic E-state index is 12.3. The highest BCUT2D eigenvalue weighted by atomic mass is 35.5. The van der Waals surface area contributed by atoms with E-state index in [0.29, 0.717) is 0 Å². The van der Waals surface area contributed by atoms with Crippen LogP contribution in [0.3, 0.4) is 0 Å². The molecule has 0 radical (unpaired) electrons. The number of alkyl halides is 3. The van der Waals surface area contributed by atoms with Gasteiger partial charge in [0.15, 0.2) is 0 Å². The summed E-state index contributed by atoms with van der Waals surface area (Å²) < 4.78 is 37.7. The minimum atomic E-state index is -4.58. The lowest BCUT2D eigenvalue weighted by molar-refractivity contribution is -0.177. The Bertz CT molecular complexity index is 313. The zero-order chi connectivity index (χ0) is 10.8. The molecule has 0 aromatic carbocycles. The summed E-state index contributed by atoms with van der Waals surface area (Å²) in [4.78, 5) is 13.7. The molecule has 1 rings (SSSR count). The third-order valence-electron chi connectivity index (χ3n) is 1.63. The van der Waals surface area contributed by atoms with E-state index in [1.165, 1.54) is 6.20 Å². The van der Waals surface area contributed by atoms with Crippen LogP contribution >= 0.6 is 12.4 Å².